The van der Waals surface area contributed by atoms with Crippen LogP contribution in [0.3, 0.4) is 0 Å². The summed E-state index contributed by atoms with van der Waals surface area (Å²) in [5, 5.41) is 0. The van der Waals surface area contributed by atoms with Crippen LogP contribution in [-0.2, 0) is 9.47 Å². The van der Waals surface area contributed by atoms with E-state index >= 15 is 0 Å². The number of carbonyl (C=O) groups is 1. The maximum atomic E-state index is 11.1. The van der Waals surface area contributed by atoms with Crippen molar-refractivity contribution in [3.05, 3.63) is 35.9 Å². The van der Waals surface area contributed by atoms with Gasteiger partial charge in [-0.05, 0) is 5.56 Å². The lowest BCUT2D eigenvalue weighted by atomic mass is 9.83. The molecule has 1 aliphatic rings. The molecule has 1 aliphatic heterocycles. The van der Waals surface area contributed by atoms with Crippen LogP contribution in [0, 0.1) is 5.41 Å². The first-order valence-electron chi connectivity index (χ1n) is 4.98. The smallest absolute Gasteiger partial charge is 0.434 e. The minimum atomic E-state index is -0.580. The molecule has 0 aromatic heterocycles. The van der Waals surface area contributed by atoms with E-state index in [0.29, 0.717) is 6.61 Å². The molecule has 0 saturated carbocycles. The maximum Gasteiger partial charge on any atom is 0.508 e. The van der Waals surface area contributed by atoms with E-state index in [1.54, 1.807) is 0 Å². The van der Waals surface area contributed by atoms with Crippen molar-refractivity contribution in [3.63, 3.8) is 0 Å². The molecule has 1 heterocycles. The van der Waals surface area contributed by atoms with Gasteiger partial charge in [0.25, 0.3) is 0 Å². The molecule has 0 bridgehead atoms. The van der Waals surface area contributed by atoms with Crippen LogP contribution in [0.5, 0.6) is 0 Å². The molecule has 15 heavy (non-hydrogen) atoms. The highest BCUT2D eigenvalue weighted by Crippen LogP contribution is 2.39. The summed E-state index contributed by atoms with van der Waals surface area (Å²) in [5.74, 6) is 0. The van der Waals surface area contributed by atoms with Crippen LogP contribution in [0.4, 0.5) is 4.79 Å². The van der Waals surface area contributed by atoms with Gasteiger partial charge >= 0.3 is 6.16 Å². The van der Waals surface area contributed by atoms with Gasteiger partial charge in [-0.15, -0.1) is 0 Å². The van der Waals surface area contributed by atoms with Gasteiger partial charge in [0.15, 0.2) is 0 Å². The van der Waals surface area contributed by atoms with Crippen molar-refractivity contribution in [1.82, 2.24) is 0 Å². The molecule has 1 aromatic rings. The molecule has 2 rings (SSSR count). The van der Waals surface area contributed by atoms with Gasteiger partial charge in [0.1, 0.15) is 12.7 Å². The second-order valence-electron chi connectivity index (χ2n) is 4.44. The minimum absolute atomic E-state index is 0.185. The summed E-state index contributed by atoms with van der Waals surface area (Å²) in [6, 6.07) is 9.75. The zero-order chi connectivity index (χ0) is 10.9. The van der Waals surface area contributed by atoms with Crippen LogP contribution in [0.1, 0.15) is 25.5 Å². The summed E-state index contributed by atoms with van der Waals surface area (Å²) in [4.78, 5) is 11.1. The van der Waals surface area contributed by atoms with E-state index in [4.69, 9.17) is 9.47 Å². The van der Waals surface area contributed by atoms with Crippen molar-refractivity contribution in [1.29, 1.82) is 0 Å². The highest BCUT2D eigenvalue weighted by molar-refractivity contribution is 5.61. The summed E-state index contributed by atoms with van der Waals surface area (Å²) < 4.78 is 10.1. The first-order valence-corrected chi connectivity index (χ1v) is 4.98. The monoisotopic (exact) mass is 206 g/mol. The highest BCUT2D eigenvalue weighted by atomic mass is 16.7. The average molecular weight is 206 g/mol. The van der Waals surface area contributed by atoms with Gasteiger partial charge in [-0.2, -0.15) is 0 Å². The third-order valence-electron chi connectivity index (χ3n) is 2.59. The fourth-order valence-electron chi connectivity index (χ4n) is 1.76. The van der Waals surface area contributed by atoms with Crippen LogP contribution in [0.15, 0.2) is 30.3 Å². The number of benzene rings is 1. The van der Waals surface area contributed by atoms with E-state index in [-0.39, 0.29) is 11.5 Å². The van der Waals surface area contributed by atoms with E-state index in [9.17, 15) is 4.79 Å². The van der Waals surface area contributed by atoms with Crippen LogP contribution in [0.2, 0.25) is 0 Å². The van der Waals surface area contributed by atoms with Crippen molar-refractivity contribution >= 4 is 6.16 Å². The summed E-state index contributed by atoms with van der Waals surface area (Å²) in [5.41, 5.74) is 0.828. The van der Waals surface area contributed by atoms with Gasteiger partial charge < -0.3 is 9.47 Å². The van der Waals surface area contributed by atoms with Gasteiger partial charge in [-0.3, -0.25) is 0 Å². The number of ether oxygens (including phenoxy) is 2. The highest BCUT2D eigenvalue weighted by Gasteiger charge is 2.39. The Labute approximate surface area is 89.0 Å². The Bertz CT molecular complexity index is 356. The van der Waals surface area contributed by atoms with Crippen molar-refractivity contribution < 1.29 is 14.3 Å². The van der Waals surface area contributed by atoms with E-state index in [1.807, 2.05) is 44.2 Å². The molecule has 1 aromatic carbocycles. The number of carbonyl (C=O) groups excluding carboxylic acids is 1. The molecule has 0 spiro atoms. The van der Waals surface area contributed by atoms with E-state index in [1.165, 1.54) is 0 Å². The Morgan fingerprint density at radius 2 is 1.93 bits per heavy atom. The molecule has 1 unspecified atom stereocenters. The zero-order valence-electron chi connectivity index (χ0n) is 8.90. The van der Waals surface area contributed by atoms with Crippen molar-refractivity contribution in [3.8, 4) is 0 Å². The third-order valence-corrected chi connectivity index (χ3v) is 2.59. The molecule has 1 atom stereocenters. The Kier molecular flexibility index (Phi) is 2.39. The van der Waals surface area contributed by atoms with Crippen LogP contribution in [0.25, 0.3) is 0 Å². The van der Waals surface area contributed by atoms with Gasteiger partial charge in [-0.1, -0.05) is 44.2 Å². The van der Waals surface area contributed by atoms with Gasteiger partial charge in [0.05, 0.1) is 0 Å². The molecule has 0 N–H and O–H groups in total. The molecule has 0 amide bonds. The lowest BCUT2D eigenvalue weighted by molar-refractivity contribution is -0.0974. The van der Waals surface area contributed by atoms with Crippen LogP contribution >= 0.6 is 0 Å². The maximum absolute atomic E-state index is 11.1. The fourth-order valence-corrected chi connectivity index (χ4v) is 1.76. The normalized spacial score (nSPS) is 24.1. The Balaban J connectivity index is 2.29. The molecule has 1 saturated heterocycles. The average Bonchev–Trinajstić information content (AvgIpc) is 2.23. The van der Waals surface area contributed by atoms with Gasteiger partial charge in [0, 0.05) is 5.41 Å². The molecule has 0 radical (unpaired) electrons. The van der Waals surface area contributed by atoms with Crippen molar-refractivity contribution in [2.75, 3.05) is 6.61 Å². The first-order chi connectivity index (χ1) is 7.09. The molecule has 1 fully saturated rings. The molecule has 3 nitrogen and oxygen atoms in total. The Morgan fingerprint density at radius 3 is 2.60 bits per heavy atom. The second kappa shape index (κ2) is 3.57. The van der Waals surface area contributed by atoms with E-state index in [0.717, 1.165) is 5.56 Å². The third kappa shape index (κ3) is 1.96. The van der Waals surface area contributed by atoms with E-state index < -0.39 is 6.16 Å². The van der Waals surface area contributed by atoms with Gasteiger partial charge in [-0.25, -0.2) is 4.79 Å². The molecule has 3 heteroatoms. The Hall–Kier alpha value is -1.51. The molecular formula is C12H14O3. The standard InChI is InChI=1S/C12H14O3/c1-12(2)8-14-11(13)15-10(12)9-6-4-3-5-7-9/h3-7,10H,8H2,1-2H3. The van der Waals surface area contributed by atoms with Gasteiger partial charge in [0.2, 0.25) is 0 Å². The predicted molar refractivity (Wildman–Crippen MR) is 55.4 cm³/mol. The largest absolute Gasteiger partial charge is 0.508 e. The summed E-state index contributed by atoms with van der Waals surface area (Å²) in [7, 11) is 0. The topological polar surface area (TPSA) is 35.5 Å². The van der Waals surface area contributed by atoms with Crippen molar-refractivity contribution in [2.24, 2.45) is 5.41 Å². The predicted octanol–water partition coefficient (Wildman–Crippen LogP) is 2.92. The summed E-state index contributed by atoms with van der Waals surface area (Å²) >= 11 is 0. The number of hydrogen-bond donors (Lipinski definition) is 0. The van der Waals surface area contributed by atoms with Crippen LogP contribution < -0.4 is 0 Å². The van der Waals surface area contributed by atoms with Crippen LogP contribution in [-0.4, -0.2) is 12.8 Å². The summed E-state index contributed by atoms with van der Waals surface area (Å²) in [6.07, 6.45) is -0.803. The second-order valence-corrected chi connectivity index (χ2v) is 4.44. The number of rotatable bonds is 1. The first kappa shape index (κ1) is 10.0. The minimum Gasteiger partial charge on any atom is -0.434 e. The fraction of sp³-hybridized carbons (Fsp3) is 0.417. The molecule has 80 valence electrons. The summed E-state index contributed by atoms with van der Waals surface area (Å²) in [6.45, 7) is 4.44. The lowest BCUT2D eigenvalue weighted by Gasteiger charge is -2.37. The molecule has 0 aliphatic carbocycles. The van der Waals surface area contributed by atoms with E-state index in [2.05, 4.69) is 0 Å². The number of hydrogen-bond acceptors (Lipinski definition) is 3. The van der Waals surface area contributed by atoms with Crippen molar-refractivity contribution in [2.45, 2.75) is 20.0 Å². The Morgan fingerprint density at radius 1 is 1.27 bits per heavy atom. The SMILES string of the molecule is CC1(C)COC(=O)OC1c1ccccc1. The lowest BCUT2D eigenvalue weighted by Crippen LogP contribution is -2.37. The zero-order valence-corrected chi connectivity index (χ0v) is 8.90. The quantitative estimate of drug-likeness (QED) is 0.663. The molecular weight excluding hydrogens is 192 g/mol. The number of cyclic esters (lactones) is 2.